The summed E-state index contributed by atoms with van der Waals surface area (Å²) in [5, 5.41) is 5.44. The number of hydrogen-bond donors (Lipinski definition) is 2. The highest BCUT2D eigenvalue weighted by Crippen LogP contribution is 2.18. The fourth-order valence-electron chi connectivity index (χ4n) is 2.44. The summed E-state index contributed by atoms with van der Waals surface area (Å²) in [6.45, 7) is 2.69. The Bertz CT molecular complexity index is 755. The average molecular weight is 341 g/mol. The first-order chi connectivity index (χ1) is 12.1. The largest absolute Gasteiger partial charge is 0.472 e. The van der Waals surface area contributed by atoms with Crippen LogP contribution in [0.25, 0.3) is 0 Å². The van der Waals surface area contributed by atoms with E-state index in [-0.39, 0.29) is 17.9 Å². The van der Waals surface area contributed by atoms with Crippen molar-refractivity contribution in [2.45, 2.75) is 19.4 Å². The SMILES string of the molecule is CC(=O)Nc1cccc(NC(=O)c2ccc(OC3CCOC3)nc2)c1. The van der Waals surface area contributed by atoms with Gasteiger partial charge in [-0.1, -0.05) is 6.07 Å². The summed E-state index contributed by atoms with van der Waals surface area (Å²) in [6, 6.07) is 10.3. The minimum absolute atomic E-state index is 0.0173. The first-order valence-electron chi connectivity index (χ1n) is 7.99. The zero-order valence-corrected chi connectivity index (χ0v) is 13.8. The van der Waals surface area contributed by atoms with Gasteiger partial charge in [0.05, 0.1) is 18.8 Å². The summed E-state index contributed by atoms with van der Waals surface area (Å²) >= 11 is 0. The Morgan fingerprint density at radius 2 is 2.00 bits per heavy atom. The monoisotopic (exact) mass is 341 g/mol. The standard InChI is InChI=1S/C18H19N3O4/c1-12(22)20-14-3-2-4-15(9-14)21-18(23)13-5-6-17(19-10-13)25-16-7-8-24-11-16/h2-6,9-10,16H,7-8,11H2,1H3,(H,20,22)(H,21,23). The van der Waals surface area contributed by atoms with E-state index >= 15 is 0 Å². The Morgan fingerprint density at radius 3 is 2.64 bits per heavy atom. The molecule has 1 aromatic carbocycles. The van der Waals surface area contributed by atoms with Crippen molar-refractivity contribution in [2.75, 3.05) is 23.8 Å². The summed E-state index contributed by atoms with van der Waals surface area (Å²) in [5.41, 5.74) is 1.62. The first-order valence-corrected chi connectivity index (χ1v) is 7.99. The molecule has 1 fully saturated rings. The molecule has 1 aliphatic heterocycles. The van der Waals surface area contributed by atoms with Gasteiger partial charge in [0.2, 0.25) is 11.8 Å². The van der Waals surface area contributed by atoms with Crippen molar-refractivity contribution in [1.29, 1.82) is 0 Å². The smallest absolute Gasteiger partial charge is 0.257 e. The molecule has 3 rings (SSSR count). The van der Waals surface area contributed by atoms with Gasteiger partial charge in [-0.25, -0.2) is 4.98 Å². The summed E-state index contributed by atoms with van der Waals surface area (Å²) in [7, 11) is 0. The Labute approximate surface area is 145 Å². The molecule has 130 valence electrons. The molecule has 25 heavy (non-hydrogen) atoms. The number of rotatable bonds is 5. The Morgan fingerprint density at radius 1 is 1.20 bits per heavy atom. The van der Waals surface area contributed by atoms with Crippen LogP contribution in [0.15, 0.2) is 42.6 Å². The lowest BCUT2D eigenvalue weighted by atomic mass is 10.2. The van der Waals surface area contributed by atoms with Gasteiger partial charge in [-0.05, 0) is 24.3 Å². The molecule has 7 nitrogen and oxygen atoms in total. The second-order valence-electron chi connectivity index (χ2n) is 5.70. The first kappa shape index (κ1) is 16.9. The van der Waals surface area contributed by atoms with Crippen LogP contribution in [-0.4, -0.2) is 36.1 Å². The molecule has 0 aliphatic carbocycles. The number of ether oxygens (including phenoxy) is 2. The zero-order valence-electron chi connectivity index (χ0n) is 13.8. The number of benzene rings is 1. The molecule has 7 heteroatoms. The molecule has 1 unspecified atom stereocenters. The molecule has 1 aromatic heterocycles. The number of nitrogens with zero attached hydrogens (tertiary/aromatic N) is 1. The number of hydrogen-bond acceptors (Lipinski definition) is 5. The van der Waals surface area contributed by atoms with E-state index < -0.39 is 0 Å². The quantitative estimate of drug-likeness (QED) is 0.872. The highest BCUT2D eigenvalue weighted by Gasteiger charge is 2.18. The Hall–Kier alpha value is -2.93. The highest BCUT2D eigenvalue weighted by molar-refractivity contribution is 6.04. The number of aromatic nitrogens is 1. The molecule has 0 bridgehead atoms. The van der Waals surface area contributed by atoms with Gasteiger partial charge < -0.3 is 20.1 Å². The lowest BCUT2D eigenvalue weighted by molar-refractivity contribution is -0.114. The molecule has 1 aliphatic rings. The van der Waals surface area contributed by atoms with E-state index in [9.17, 15) is 9.59 Å². The van der Waals surface area contributed by atoms with Crippen LogP contribution in [0.1, 0.15) is 23.7 Å². The van der Waals surface area contributed by atoms with Crippen molar-refractivity contribution < 1.29 is 19.1 Å². The van der Waals surface area contributed by atoms with E-state index in [1.807, 2.05) is 0 Å². The van der Waals surface area contributed by atoms with Gasteiger partial charge in [0.15, 0.2) is 0 Å². The number of nitrogens with one attached hydrogen (secondary N) is 2. The van der Waals surface area contributed by atoms with Crippen LogP contribution in [0.3, 0.4) is 0 Å². The molecule has 2 N–H and O–H groups in total. The summed E-state index contributed by atoms with van der Waals surface area (Å²) in [6.07, 6.45) is 2.33. The summed E-state index contributed by atoms with van der Waals surface area (Å²) in [5.74, 6) is 0.0128. The van der Waals surface area contributed by atoms with Crippen LogP contribution in [0, 0.1) is 0 Å². The van der Waals surface area contributed by atoms with Gasteiger partial charge >= 0.3 is 0 Å². The van der Waals surface area contributed by atoms with Crippen LogP contribution in [0.5, 0.6) is 5.88 Å². The van der Waals surface area contributed by atoms with E-state index in [1.54, 1.807) is 36.4 Å². The molecular formula is C18H19N3O4. The Kier molecular flexibility index (Phi) is 5.25. The molecule has 0 saturated carbocycles. The van der Waals surface area contributed by atoms with Gasteiger partial charge in [-0.2, -0.15) is 0 Å². The minimum Gasteiger partial charge on any atom is -0.472 e. The van der Waals surface area contributed by atoms with E-state index in [0.717, 1.165) is 6.42 Å². The normalized spacial score (nSPS) is 16.3. The number of carbonyl (C=O) groups is 2. The number of pyridine rings is 1. The Balaban J connectivity index is 1.61. The molecule has 1 atom stereocenters. The molecule has 2 aromatic rings. The second-order valence-corrected chi connectivity index (χ2v) is 5.70. The van der Waals surface area contributed by atoms with Crippen molar-refractivity contribution in [2.24, 2.45) is 0 Å². The maximum atomic E-state index is 12.3. The predicted molar refractivity (Wildman–Crippen MR) is 92.8 cm³/mol. The maximum absolute atomic E-state index is 12.3. The van der Waals surface area contributed by atoms with Crippen LogP contribution in [0.2, 0.25) is 0 Å². The molecular weight excluding hydrogens is 322 g/mol. The van der Waals surface area contributed by atoms with Crippen LogP contribution in [0.4, 0.5) is 11.4 Å². The predicted octanol–water partition coefficient (Wildman–Crippen LogP) is 2.46. The highest BCUT2D eigenvalue weighted by atomic mass is 16.5. The maximum Gasteiger partial charge on any atom is 0.257 e. The van der Waals surface area contributed by atoms with Gasteiger partial charge in [0.1, 0.15) is 6.10 Å². The van der Waals surface area contributed by atoms with Gasteiger partial charge in [-0.3, -0.25) is 9.59 Å². The number of anilines is 2. The van der Waals surface area contributed by atoms with Gasteiger partial charge in [-0.15, -0.1) is 0 Å². The molecule has 0 radical (unpaired) electrons. The van der Waals surface area contributed by atoms with Gasteiger partial charge in [0, 0.05) is 37.0 Å². The third-order valence-electron chi connectivity index (χ3n) is 3.61. The fourth-order valence-corrected chi connectivity index (χ4v) is 2.44. The lowest BCUT2D eigenvalue weighted by Crippen LogP contribution is -2.17. The van der Waals surface area contributed by atoms with Crippen molar-refractivity contribution in [3.05, 3.63) is 48.2 Å². The third-order valence-corrected chi connectivity index (χ3v) is 3.61. The summed E-state index contributed by atoms with van der Waals surface area (Å²) in [4.78, 5) is 27.6. The molecule has 2 heterocycles. The minimum atomic E-state index is -0.289. The fraction of sp³-hybridized carbons (Fsp3) is 0.278. The van der Waals surface area contributed by atoms with E-state index in [4.69, 9.17) is 9.47 Å². The van der Waals surface area contributed by atoms with Crippen molar-refractivity contribution in [3.63, 3.8) is 0 Å². The van der Waals surface area contributed by atoms with Crippen LogP contribution >= 0.6 is 0 Å². The van der Waals surface area contributed by atoms with Crippen molar-refractivity contribution >= 4 is 23.2 Å². The zero-order chi connectivity index (χ0) is 17.6. The number of carbonyl (C=O) groups excluding carboxylic acids is 2. The van der Waals surface area contributed by atoms with Gasteiger partial charge in [0.25, 0.3) is 5.91 Å². The molecule has 1 saturated heterocycles. The molecule has 0 spiro atoms. The van der Waals surface area contributed by atoms with Crippen molar-refractivity contribution in [3.8, 4) is 5.88 Å². The lowest BCUT2D eigenvalue weighted by Gasteiger charge is -2.11. The second kappa shape index (κ2) is 7.76. The third kappa shape index (κ3) is 4.77. The summed E-state index contributed by atoms with van der Waals surface area (Å²) < 4.78 is 10.9. The van der Waals surface area contributed by atoms with E-state index in [0.29, 0.717) is 36.0 Å². The number of amides is 2. The molecule has 2 amide bonds. The topological polar surface area (TPSA) is 89.6 Å². The average Bonchev–Trinajstić information content (AvgIpc) is 3.08. The van der Waals surface area contributed by atoms with Crippen LogP contribution in [-0.2, 0) is 9.53 Å². The van der Waals surface area contributed by atoms with E-state index in [2.05, 4.69) is 15.6 Å². The van der Waals surface area contributed by atoms with Crippen molar-refractivity contribution in [1.82, 2.24) is 4.98 Å². The van der Waals surface area contributed by atoms with Crippen LogP contribution < -0.4 is 15.4 Å². The van der Waals surface area contributed by atoms with E-state index in [1.165, 1.54) is 13.1 Å².